The van der Waals surface area contributed by atoms with Gasteiger partial charge in [0.15, 0.2) is 0 Å². The number of hydrogen-bond acceptors (Lipinski definition) is 4. The molecule has 0 bridgehead atoms. The SMILES string of the molecule is CCOC(=O)C=C1CCC(NCCOC)CC1. The van der Waals surface area contributed by atoms with Crippen molar-refractivity contribution in [3.8, 4) is 0 Å². The molecule has 0 aromatic rings. The number of methoxy groups -OCH3 is 1. The van der Waals surface area contributed by atoms with Gasteiger partial charge < -0.3 is 14.8 Å². The highest BCUT2D eigenvalue weighted by atomic mass is 16.5. The number of hydrogen-bond donors (Lipinski definition) is 1. The van der Waals surface area contributed by atoms with Crippen LogP contribution in [0.15, 0.2) is 11.6 Å². The molecule has 4 nitrogen and oxygen atoms in total. The van der Waals surface area contributed by atoms with Gasteiger partial charge in [-0.25, -0.2) is 4.79 Å². The molecule has 1 rings (SSSR count). The summed E-state index contributed by atoms with van der Waals surface area (Å²) in [7, 11) is 1.71. The molecule has 0 unspecified atom stereocenters. The fourth-order valence-corrected chi connectivity index (χ4v) is 2.05. The highest BCUT2D eigenvalue weighted by molar-refractivity contribution is 5.82. The molecular formula is C13H23NO3. The summed E-state index contributed by atoms with van der Waals surface area (Å²) in [6.45, 7) is 3.93. The number of esters is 1. The standard InChI is InChI=1S/C13H23NO3/c1-3-17-13(15)10-11-4-6-12(7-5-11)14-8-9-16-2/h10,12,14H,3-9H2,1-2H3. The van der Waals surface area contributed by atoms with E-state index in [1.54, 1.807) is 13.2 Å². The Morgan fingerprint density at radius 2 is 2.18 bits per heavy atom. The van der Waals surface area contributed by atoms with Crippen LogP contribution in [-0.2, 0) is 14.3 Å². The molecule has 98 valence electrons. The third kappa shape index (κ3) is 5.84. The van der Waals surface area contributed by atoms with Gasteiger partial charge in [0.1, 0.15) is 0 Å². The molecule has 0 radical (unpaired) electrons. The first kappa shape index (κ1) is 14.2. The molecule has 1 aliphatic rings. The van der Waals surface area contributed by atoms with Gasteiger partial charge in [0.2, 0.25) is 0 Å². The van der Waals surface area contributed by atoms with Crippen LogP contribution in [-0.4, -0.2) is 38.9 Å². The maximum absolute atomic E-state index is 11.3. The lowest BCUT2D eigenvalue weighted by Crippen LogP contribution is -2.33. The molecule has 0 aliphatic heterocycles. The van der Waals surface area contributed by atoms with Crippen molar-refractivity contribution in [2.45, 2.75) is 38.6 Å². The van der Waals surface area contributed by atoms with Crippen molar-refractivity contribution in [2.75, 3.05) is 26.9 Å². The first-order valence-corrected chi connectivity index (χ1v) is 6.34. The Labute approximate surface area is 103 Å². The van der Waals surface area contributed by atoms with Crippen molar-refractivity contribution >= 4 is 5.97 Å². The average molecular weight is 241 g/mol. The fourth-order valence-electron chi connectivity index (χ4n) is 2.05. The van der Waals surface area contributed by atoms with Crippen molar-refractivity contribution in [3.05, 3.63) is 11.6 Å². The van der Waals surface area contributed by atoms with Crippen LogP contribution in [0.3, 0.4) is 0 Å². The Balaban J connectivity index is 2.23. The molecule has 0 saturated heterocycles. The van der Waals surface area contributed by atoms with Gasteiger partial charge in [0, 0.05) is 25.8 Å². The molecule has 0 aromatic carbocycles. The molecule has 1 fully saturated rings. The molecule has 4 heteroatoms. The number of nitrogens with one attached hydrogen (secondary N) is 1. The smallest absolute Gasteiger partial charge is 0.330 e. The van der Waals surface area contributed by atoms with E-state index in [0.717, 1.165) is 38.8 Å². The zero-order valence-corrected chi connectivity index (χ0v) is 10.8. The van der Waals surface area contributed by atoms with Crippen LogP contribution in [0.5, 0.6) is 0 Å². The normalized spacial score (nSPS) is 20.1. The van der Waals surface area contributed by atoms with Crippen LogP contribution in [0.25, 0.3) is 0 Å². The predicted octanol–water partition coefficient (Wildman–Crippen LogP) is 1.65. The van der Waals surface area contributed by atoms with E-state index in [0.29, 0.717) is 12.6 Å². The van der Waals surface area contributed by atoms with Crippen molar-refractivity contribution in [2.24, 2.45) is 0 Å². The highest BCUT2D eigenvalue weighted by Gasteiger charge is 2.16. The lowest BCUT2D eigenvalue weighted by Gasteiger charge is -2.24. The second kappa shape index (κ2) is 8.25. The predicted molar refractivity (Wildman–Crippen MR) is 66.9 cm³/mol. The largest absolute Gasteiger partial charge is 0.463 e. The van der Waals surface area contributed by atoms with Gasteiger partial charge in [-0.1, -0.05) is 5.57 Å². The summed E-state index contributed by atoms with van der Waals surface area (Å²) < 4.78 is 9.90. The van der Waals surface area contributed by atoms with E-state index in [1.807, 2.05) is 6.92 Å². The summed E-state index contributed by atoms with van der Waals surface area (Å²) in [5.74, 6) is -0.201. The number of carbonyl (C=O) groups excluding carboxylic acids is 1. The Morgan fingerprint density at radius 1 is 1.47 bits per heavy atom. The third-order valence-electron chi connectivity index (χ3n) is 2.98. The third-order valence-corrected chi connectivity index (χ3v) is 2.98. The number of carbonyl (C=O) groups is 1. The minimum Gasteiger partial charge on any atom is -0.463 e. The van der Waals surface area contributed by atoms with Crippen LogP contribution in [0.4, 0.5) is 0 Å². The van der Waals surface area contributed by atoms with Crippen molar-refractivity contribution < 1.29 is 14.3 Å². The molecular weight excluding hydrogens is 218 g/mol. The maximum Gasteiger partial charge on any atom is 0.330 e. The maximum atomic E-state index is 11.3. The number of ether oxygens (including phenoxy) is 2. The Morgan fingerprint density at radius 3 is 2.76 bits per heavy atom. The fraction of sp³-hybridized carbons (Fsp3) is 0.769. The first-order valence-electron chi connectivity index (χ1n) is 6.34. The lowest BCUT2D eigenvalue weighted by atomic mass is 9.90. The summed E-state index contributed by atoms with van der Waals surface area (Å²) in [5.41, 5.74) is 1.22. The van der Waals surface area contributed by atoms with E-state index >= 15 is 0 Å². The van der Waals surface area contributed by atoms with Gasteiger partial charge in [-0.15, -0.1) is 0 Å². The second-order valence-electron chi connectivity index (χ2n) is 4.28. The van der Waals surface area contributed by atoms with E-state index in [-0.39, 0.29) is 5.97 Å². The van der Waals surface area contributed by atoms with Gasteiger partial charge in [0.25, 0.3) is 0 Å². The quantitative estimate of drug-likeness (QED) is 0.436. The topological polar surface area (TPSA) is 47.6 Å². The second-order valence-corrected chi connectivity index (χ2v) is 4.28. The number of allylic oxidation sites excluding steroid dienone is 1. The first-order chi connectivity index (χ1) is 8.26. The molecule has 0 amide bonds. The van der Waals surface area contributed by atoms with E-state index in [1.165, 1.54) is 5.57 Å². The van der Waals surface area contributed by atoms with Crippen LogP contribution >= 0.6 is 0 Å². The van der Waals surface area contributed by atoms with Crippen molar-refractivity contribution in [1.82, 2.24) is 5.32 Å². The monoisotopic (exact) mass is 241 g/mol. The minimum absolute atomic E-state index is 0.201. The molecule has 0 spiro atoms. The Hall–Kier alpha value is -0.870. The summed E-state index contributed by atoms with van der Waals surface area (Å²) in [4.78, 5) is 11.3. The Bertz CT molecular complexity index is 253. The van der Waals surface area contributed by atoms with Crippen LogP contribution < -0.4 is 5.32 Å². The van der Waals surface area contributed by atoms with Crippen LogP contribution in [0.2, 0.25) is 0 Å². The molecule has 0 heterocycles. The summed E-state index contributed by atoms with van der Waals surface area (Å²) >= 11 is 0. The lowest BCUT2D eigenvalue weighted by molar-refractivity contribution is -0.137. The summed E-state index contributed by atoms with van der Waals surface area (Å²) in [6.07, 6.45) is 5.83. The van der Waals surface area contributed by atoms with Crippen molar-refractivity contribution in [3.63, 3.8) is 0 Å². The summed E-state index contributed by atoms with van der Waals surface area (Å²) in [6, 6.07) is 0.560. The zero-order valence-electron chi connectivity index (χ0n) is 10.8. The van der Waals surface area contributed by atoms with E-state index < -0.39 is 0 Å². The van der Waals surface area contributed by atoms with E-state index in [9.17, 15) is 4.79 Å². The van der Waals surface area contributed by atoms with Crippen LogP contribution in [0.1, 0.15) is 32.6 Å². The van der Waals surface area contributed by atoms with Gasteiger partial charge in [-0.3, -0.25) is 0 Å². The molecule has 1 saturated carbocycles. The van der Waals surface area contributed by atoms with E-state index in [4.69, 9.17) is 9.47 Å². The molecule has 0 aromatic heterocycles. The average Bonchev–Trinajstić information content (AvgIpc) is 2.32. The number of rotatable bonds is 6. The minimum atomic E-state index is -0.201. The molecule has 1 aliphatic carbocycles. The molecule has 17 heavy (non-hydrogen) atoms. The van der Waals surface area contributed by atoms with E-state index in [2.05, 4.69) is 5.32 Å². The zero-order chi connectivity index (χ0) is 12.5. The highest BCUT2D eigenvalue weighted by Crippen LogP contribution is 2.23. The molecule has 1 N–H and O–H groups in total. The summed E-state index contributed by atoms with van der Waals surface area (Å²) in [5, 5.41) is 3.45. The molecule has 0 atom stereocenters. The van der Waals surface area contributed by atoms with Crippen LogP contribution in [0, 0.1) is 0 Å². The van der Waals surface area contributed by atoms with Gasteiger partial charge in [-0.2, -0.15) is 0 Å². The Kier molecular flexibility index (Phi) is 6.89. The van der Waals surface area contributed by atoms with Crippen molar-refractivity contribution in [1.29, 1.82) is 0 Å². The van der Waals surface area contributed by atoms with Gasteiger partial charge >= 0.3 is 5.97 Å². The van der Waals surface area contributed by atoms with Gasteiger partial charge in [-0.05, 0) is 32.6 Å². The van der Waals surface area contributed by atoms with Gasteiger partial charge in [0.05, 0.1) is 13.2 Å².